The Morgan fingerprint density at radius 2 is 0.846 bits per heavy atom. The Balaban J connectivity index is 0.000000487. The van der Waals surface area contributed by atoms with Crippen molar-refractivity contribution in [2.75, 3.05) is 13.2 Å². The number of aliphatic carboxylic acids is 2. The van der Waals surface area contributed by atoms with E-state index in [1.54, 1.807) is 86.6 Å². The molecule has 2 atom stereocenters. The molecule has 0 spiro atoms. The van der Waals surface area contributed by atoms with Crippen LogP contribution in [-0.2, 0) is 34.8 Å². The van der Waals surface area contributed by atoms with E-state index >= 15 is 0 Å². The van der Waals surface area contributed by atoms with Gasteiger partial charge < -0.3 is 44.2 Å². The number of rotatable bonds is 22. The van der Waals surface area contributed by atoms with Crippen molar-refractivity contribution in [3.05, 3.63) is 189 Å². The second-order valence-corrected chi connectivity index (χ2v) is 17.2. The van der Waals surface area contributed by atoms with E-state index in [1.807, 2.05) is 38.1 Å². The van der Waals surface area contributed by atoms with E-state index in [0.29, 0.717) is 37.2 Å². The van der Waals surface area contributed by atoms with Crippen molar-refractivity contribution in [2.45, 2.75) is 90.8 Å². The van der Waals surface area contributed by atoms with Gasteiger partial charge in [0.25, 0.3) is 0 Å². The zero-order chi connectivity index (χ0) is 56.2. The quantitative estimate of drug-likeness (QED) is 0.0707. The molecule has 0 aromatic heterocycles. The van der Waals surface area contributed by atoms with Crippen molar-refractivity contribution < 1.29 is 227 Å². The van der Waals surface area contributed by atoms with Gasteiger partial charge in [-0.05, 0) is 130 Å². The Labute approximate surface area is 564 Å². The Kier molecular flexibility index (Phi) is 30.6. The first-order chi connectivity index (χ1) is 35.8. The molecule has 0 radical (unpaired) electrons. The summed E-state index contributed by atoms with van der Waals surface area (Å²) in [4.78, 5) is 55.8. The SMILES string of the molecule is Cc1cc(OCCC(C)Oc2ccc(C(F)(F)F)cc2C(=O)c2ccccc2)ccc1CCC(=O)O.Cc1cc(OCCC(C)Oc2ccc(C(F)(F)F)cc2C(=O)c2ccccc2)ccc1CCC(=O)O.O=C([O-])[O-].[Cs+].[Cs+]. The second-order valence-electron chi connectivity index (χ2n) is 17.2. The molecule has 0 fully saturated rings. The summed E-state index contributed by atoms with van der Waals surface area (Å²) in [6.45, 7) is 7.81. The summed E-state index contributed by atoms with van der Waals surface area (Å²) >= 11 is 0. The van der Waals surface area contributed by atoms with Gasteiger partial charge in [-0.15, -0.1) is 0 Å². The number of alkyl halides is 6. The zero-order valence-corrected chi connectivity index (χ0v) is 56.2. The van der Waals surface area contributed by atoms with Gasteiger partial charge in [-0.25, -0.2) is 0 Å². The summed E-state index contributed by atoms with van der Waals surface area (Å²) in [5.41, 5.74) is 2.07. The van der Waals surface area contributed by atoms with E-state index in [1.165, 1.54) is 12.1 Å². The smallest absolute Gasteiger partial charge is 0.652 e. The third kappa shape index (κ3) is 24.2. The van der Waals surface area contributed by atoms with Crippen molar-refractivity contribution in [3.63, 3.8) is 0 Å². The number of hydrogen-bond acceptors (Lipinski definition) is 11. The number of carboxylic acids is 2. The van der Waals surface area contributed by atoms with Crippen LogP contribution in [0.2, 0.25) is 0 Å². The molecule has 13 nitrogen and oxygen atoms in total. The van der Waals surface area contributed by atoms with Crippen LogP contribution in [0.5, 0.6) is 23.0 Å². The fourth-order valence-corrected chi connectivity index (χ4v) is 7.26. The van der Waals surface area contributed by atoms with Gasteiger partial charge in [-0.2, -0.15) is 26.3 Å². The molecule has 2 N–H and O–H groups in total. The van der Waals surface area contributed by atoms with Gasteiger partial charge in [-0.3, -0.25) is 19.2 Å². The van der Waals surface area contributed by atoms with Crippen LogP contribution in [0.4, 0.5) is 31.1 Å². The molecule has 0 amide bonds. The molecule has 6 rings (SSSR count). The number of ether oxygens (including phenoxy) is 4. The van der Waals surface area contributed by atoms with Gasteiger partial charge >= 0.3 is 162 Å². The van der Waals surface area contributed by atoms with Gasteiger partial charge in [-0.1, -0.05) is 72.8 Å². The Morgan fingerprint density at radius 3 is 1.14 bits per heavy atom. The molecule has 0 saturated carbocycles. The van der Waals surface area contributed by atoms with Crippen LogP contribution in [0, 0.1) is 13.8 Å². The third-order valence-corrected chi connectivity index (χ3v) is 11.3. The molecule has 2 unspecified atom stereocenters. The van der Waals surface area contributed by atoms with Gasteiger partial charge in [0.15, 0.2) is 11.6 Å². The predicted molar refractivity (Wildman–Crippen MR) is 263 cm³/mol. The van der Waals surface area contributed by atoms with Crippen molar-refractivity contribution in [2.24, 2.45) is 0 Å². The summed E-state index contributed by atoms with van der Waals surface area (Å²) in [6.07, 6.45) is -10.6. The van der Waals surface area contributed by atoms with Crippen LogP contribution in [-0.4, -0.2) is 65.3 Å². The summed E-state index contributed by atoms with van der Waals surface area (Å²) in [6, 6.07) is 32.8. The minimum absolute atomic E-state index is 0. The number of ketones is 2. The normalized spacial score (nSPS) is 11.5. The first kappa shape index (κ1) is 69.9. The molecule has 0 heterocycles. The number of carbonyl (C=O) groups is 5. The molecule has 404 valence electrons. The number of carboxylic acid groups (broad SMARTS) is 4. The summed E-state index contributed by atoms with van der Waals surface area (Å²) in [5, 5.41) is 34.4. The Bertz CT molecular complexity index is 2720. The van der Waals surface area contributed by atoms with Crippen molar-refractivity contribution in [1.82, 2.24) is 0 Å². The second kappa shape index (κ2) is 34.1. The number of hydrogen-bond donors (Lipinski definition) is 2. The number of carbonyl (C=O) groups excluding carboxylic acids is 3. The van der Waals surface area contributed by atoms with Crippen molar-refractivity contribution in [3.8, 4) is 23.0 Å². The minimum Gasteiger partial charge on any atom is -0.652 e. The van der Waals surface area contributed by atoms with E-state index in [9.17, 15) is 45.5 Å². The Morgan fingerprint density at radius 1 is 0.513 bits per heavy atom. The zero-order valence-electron chi connectivity index (χ0n) is 43.7. The average molecular weight is 1330 g/mol. The molecule has 0 aliphatic rings. The van der Waals surface area contributed by atoms with Gasteiger partial charge in [0.1, 0.15) is 23.0 Å². The minimum atomic E-state index is -4.59. The molecular weight excluding hydrogens is 1270 g/mol. The largest absolute Gasteiger partial charge is 1.00 e. The van der Waals surface area contributed by atoms with Crippen molar-refractivity contribution in [1.29, 1.82) is 0 Å². The van der Waals surface area contributed by atoms with Crippen LogP contribution >= 0.6 is 0 Å². The van der Waals surface area contributed by atoms with Crippen LogP contribution in [0.25, 0.3) is 0 Å². The van der Waals surface area contributed by atoms with E-state index in [0.717, 1.165) is 46.5 Å². The molecule has 6 aromatic rings. The maximum Gasteiger partial charge on any atom is 1.00 e. The molecule has 0 bridgehead atoms. The number of benzene rings is 6. The Hall–Kier alpha value is -4.25. The molecule has 21 heteroatoms. The van der Waals surface area contributed by atoms with E-state index in [2.05, 4.69) is 0 Å². The van der Waals surface area contributed by atoms with Gasteiger partial charge in [0.05, 0.1) is 47.7 Å². The molecule has 6 aromatic carbocycles. The van der Waals surface area contributed by atoms with E-state index in [4.69, 9.17) is 44.2 Å². The molecular formula is C57H54Cs2F6O13. The fraction of sp³-hybridized carbons (Fsp3) is 0.281. The first-order valence-corrected chi connectivity index (χ1v) is 23.5. The van der Waals surface area contributed by atoms with E-state index in [-0.39, 0.29) is 198 Å². The van der Waals surface area contributed by atoms with Crippen LogP contribution in [0.3, 0.4) is 0 Å². The fourth-order valence-electron chi connectivity index (χ4n) is 7.26. The average Bonchev–Trinajstić information content (AvgIpc) is 3.36. The number of halogens is 6. The molecule has 78 heavy (non-hydrogen) atoms. The summed E-state index contributed by atoms with van der Waals surface area (Å²) in [7, 11) is 0. The maximum absolute atomic E-state index is 13.3. The topological polar surface area (TPSA) is 209 Å². The summed E-state index contributed by atoms with van der Waals surface area (Å²) in [5.74, 6) is -1.44. The monoisotopic (exact) mass is 1330 g/mol. The predicted octanol–water partition coefficient (Wildman–Crippen LogP) is 4.56. The first-order valence-electron chi connectivity index (χ1n) is 23.5. The van der Waals surface area contributed by atoms with Gasteiger partial charge in [0.2, 0.25) is 0 Å². The van der Waals surface area contributed by atoms with Crippen LogP contribution in [0.15, 0.2) is 133 Å². The molecule has 0 aliphatic heterocycles. The maximum atomic E-state index is 13.3. The van der Waals surface area contributed by atoms with Crippen LogP contribution < -0.4 is 167 Å². The number of aryl methyl sites for hydroxylation is 4. The molecule has 0 aliphatic carbocycles. The van der Waals surface area contributed by atoms with E-state index < -0.39 is 65.3 Å². The van der Waals surface area contributed by atoms with Gasteiger partial charge in [0, 0.05) is 36.8 Å². The van der Waals surface area contributed by atoms with Crippen LogP contribution in [0.1, 0.15) is 105 Å². The summed E-state index contributed by atoms with van der Waals surface area (Å²) < 4.78 is 103. The third-order valence-electron chi connectivity index (χ3n) is 11.3. The standard InChI is InChI=1S/2C28H27F3O5.CH2O3.2Cs/c2*1-18-16-23(11-8-20(18)9-13-26(32)33)35-15-14-19(2)36-25-12-10-22(28(29,30)31)17-24(25)27(34)21-6-4-3-5-7-21;2-1(3)4;;/h2*3-8,10-12,16-17,19H,9,13-15H2,1-2H3,(H,32,33);(H2,2,3,4);;/q;;;2*+1/p-2. The molecule has 0 saturated heterocycles. The van der Waals surface area contributed by atoms with Crippen molar-refractivity contribution >= 4 is 29.7 Å².